The van der Waals surface area contributed by atoms with Gasteiger partial charge >= 0.3 is 0 Å². The van der Waals surface area contributed by atoms with Gasteiger partial charge in [0.15, 0.2) is 0 Å². The van der Waals surface area contributed by atoms with Gasteiger partial charge in [0.05, 0.1) is 6.54 Å². The van der Waals surface area contributed by atoms with Crippen LogP contribution in [-0.2, 0) is 15.6 Å². The van der Waals surface area contributed by atoms with Crippen LogP contribution in [0.3, 0.4) is 0 Å². The maximum Gasteiger partial charge on any atom is 0.234 e. The molecule has 0 heterocycles. The fourth-order valence-corrected chi connectivity index (χ4v) is 3.27. The van der Waals surface area contributed by atoms with Gasteiger partial charge in [0.2, 0.25) is 6.08 Å². The molecule has 0 saturated heterocycles. The van der Waals surface area contributed by atoms with Crippen molar-refractivity contribution in [2.75, 3.05) is 6.54 Å². The Balaban J connectivity index is 2.31. The summed E-state index contributed by atoms with van der Waals surface area (Å²) in [6.45, 7) is 7.28. The molecule has 2 rings (SSSR count). The molecule has 0 aliphatic heterocycles. The second-order valence-electron chi connectivity index (χ2n) is 7.08. The fraction of sp³-hybridized carbons (Fsp3) is 0.611. The van der Waals surface area contributed by atoms with Crippen LogP contribution in [-0.4, -0.2) is 12.6 Å². The van der Waals surface area contributed by atoms with Gasteiger partial charge in [-0.15, -0.1) is 0 Å². The van der Waals surface area contributed by atoms with Crippen LogP contribution in [0.1, 0.15) is 64.0 Å². The second-order valence-corrected chi connectivity index (χ2v) is 7.08. The van der Waals surface area contributed by atoms with Gasteiger partial charge in [-0.25, -0.2) is 9.79 Å². The van der Waals surface area contributed by atoms with E-state index in [-0.39, 0.29) is 10.8 Å². The highest BCUT2D eigenvalue weighted by molar-refractivity contribution is 5.36. The number of carbonyl (C=O) groups excluding carboxylic acids is 1. The average molecular weight is 271 g/mol. The Morgan fingerprint density at radius 1 is 1.10 bits per heavy atom. The lowest BCUT2D eigenvalue weighted by atomic mass is 9.69. The van der Waals surface area contributed by atoms with E-state index >= 15 is 0 Å². The predicted octanol–water partition coefficient (Wildman–Crippen LogP) is 4.52. The maximum atomic E-state index is 10.5. The van der Waals surface area contributed by atoms with Gasteiger partial charge in [0, 0.05) is 5.41 Å². The monoisotopic (exact) mass is 271 g/mol. The molecule has 108 valence electrons. The summed E-state index contributed by atoms with van der Waals surface area (Å²) in [5.74, 6) is 0. The van der Waals surface area contributed by atoms with Crippen molar-refractivity contribution in [3.63, 3.8) is 0 Å². The molecule has 0 atom stereocenters. The van der Waals surface area contributed by atoms with E-state index in [1.165, 1.54) is 30.4 Å². The normalized spacial score (nSPS) is 18.4. The van der Waals surface area contributed by atoms with Crippen LogP contribution in [0.5, 0.6) is 0 Å². The van der Waals surface area contributed by atoms with E-state index in [0.29, 0.717) is 6.54 Å². The Morgan fingerprint density at radius 3 is 2.20 bits per heavy atom. The minimum atomic E-state index is 0.0616. The molecule has 1 saturated carbocycles. The standard InChI is InChI=1S/C18H25NO/c1-17(2,3)15-7-9-16(10-8-15)18(13-19-14-20)11-5-4-6-12-18/h7-10H,4-6,11-13H2,1-3H3. The van der Waals surface area contributed by atoms with Gasteiger partial charge in [-0.1, -0.05) is 64.3 Å². The van der Waals surface area contributed by atoms with Crippen LogP contribution in [0.4, 0.5) is 0 Å². The molecule has 0 spiro atoms. The molecule has 2 nitrogen and oxygen atoms in total. The first-order chi connectivity index (χ1) is 9.48. The lowest BCUT2D eigenvalue weighted by molar-refractivity contribution is 0.301. The van der Waals surface area contributed by atoms with Crippen molar-refractivity contribution in [3.8, 4) is 0 Å². The van der Waals surface area contributed by atoms with E-state index < -0.39 is 0 Å². The highest BCUT2D eigenvalue weighted by Gasteiger charge is 2.33. The minimum absolute atomic E-state index is 0.0616. The Kier molecular flexibility index (Phi) is 4.45. The van der Waals surface area contributed by atoms with Crippen LogP contribution in [0.15, 0.2) is 29.3 Å². The first-order valence-corrected chi connectivity index (χ1v) is 7.63. The van der Waals surface area contributed by atoms with Crippen LogP contribution < -0.4 is 0 Å². The van der Waals surface area contributed by atoms with Crippen LogP contribution in [0.2, 0.25) is 0 Å². The van der Waals surface area contributed by atoms with Crippen molar-refractivity contribution in [1.29, 1.82) is 0 Å². The highest BCUT2D eigenvalue weighted by Crippen LogP contribution is 2.40. The van der Waals surface area contributed by atoms with Crippen molar-refractivity contribution < 1.29 is 4.79 Å². The van der Waals surface area contributed by atoms with E-state index in [1.807, 2.05) is 0 Å². The Bertz CT molecular complexity index is 483. The van der Waals surface area contributed by atoms with E-state index in [2.05, 4.69) is 50.0 Å². The second kappa shape index (κ2) is 5.93. The van der Waals surface area contributed by atoms with Crippen LogP contribution in [0.25, 0.3) is 0 Å². The SMILES string of the molecule is CC(C)(C)c1ccc(C2(CN=C=O)CCCCC2)cc1. The van der Waals surface area contributed by atoms with E-state index in [1.54, 1.807) is 6.08 Å². The number of nitrogens with zero attached hydrogens (tertiary/aromatic N) is 1. The third-order valence-corrected chi connectivity index (χ3v) is 4.62. The largest absolute Gasteiger partial charge is 0.234 e. The van der Waals surface area contributed by atoms with Gasteiger partial charge in [-0.2, -0.15) is 0 Å². The predicted molar refractivity (Wildman–Crippen MR) is 82.9 cm³/mol. The van der Waals surface area contributed by atoms with Crippen LogP contribution in [0, 0.1) is 0 Å². The highest BCUT2D eigenvalue weighted by atomic mass is 16.1. The number of hydrogen-bond acceptors (Lipinski definition) is 2. The minimum Gasteiger partial charge on any atom is -0.211 e. The zero-order valence-corrected chi connectivity index (χ0v) is 12.9. The summed E-state index contributed by atoms with van der Waals surface area (Å²) in [6.07, 6.45) is 7.75. The third kappa shape index (κ3) is 3.19. The van der Waals surface area contributed by atoms with Gasteiger partial charge < -0.3 is 0 Å². The molecule has 0 radical (unpaired) electrons. The summed E-state index contributed by atoms with van der Waals surface area (Å²) >= 11 is 0. The molecule has 0 bridgehead atoms. The Morgan fingerprint density at radius 2 is 1.70 bits per heavy atom. The summed E-state index contributed by atoms with van der Waals surface area (Å²) in [5, 5.41) is 0. The molecule has 0 unspecified atom stereocenters. The zero-order chi connectivity index (χ0) is 14.6. The molecule has 1 aliphatic rings. The van der Waals surface area contributed by atoms with Gasteiger partial charge in [0.1, 0.15) is 0 Å². The molecule has 0 amide bonds. The summed E-state index contributed by atoms with van der Waals surface area (Å²) in [7, 11) is 0. The van der Waals surface area contributed by atoms with E-state index in [9.17, 15) is 4.79 Å². The molecule has 1 aromatic rings. The summed E-state index contributed by atoms with van der Waals surface area (Å²) in [6, 6.07) is 8.95. The smallest absolute Gasteiger partial charge is 0.211 e. The Hall–Kier alpha value is -1.40. The van der Waals surface area contributed by atoms with Crippen molar-refractivity contribution in [3.05, 3.63) is 35.4 Å². The fourth-order valence-electron chi connectivity index (χ4n) is 3.27. The lowest BCUT2D eigenvalue weighted by Crippen LogP contribution is -2.32. The van der Waals surface area contributed by atoms with E-state index in [0.717, 1.165) is 12.8 Å². The zero-order valence-electron chi connectivity index (χ0n) is 12.9. The number of hydrogen-bond donors (Lipinski definition) is 0. The number of aliphatic imine (C=N–C) groups is 1. The summed E-state index contributed by atoms with van der Waals surface area (Å²) in [4.78, 5) is 14.4. The average Bonchev–Trinajstić information content (AvgIpc) is 2.45. The van der Waals surface area contributed by atoms with Crippen LogP contribution >= 0.6 is 0 Å². The molecular formula is C18H25NO. The van der Waals surface area contributed by atoms with Crippen molar-refractivity contribution in [2.45, 2.75) is 63.7 Å². The van der Waals surface area contributed by atoms with Gasteiger partial charge in [-0.05, 0) is 29.4 Å². The van der Waals surface area contributed by atoms with Crippen molar-refractivity contribution in [1.82, 2.24) is 0 Å². The van der Waals surface area contributed by atoms with Crippen molar-refractivity contribution in [2.24, 2.45) is 4.99 Å². The number of rotatable bonds is 3. The van der Waals surface area contributed by atoms with Gasteiger partial charge in [-0.3, -0.25) is 0 Å². The lowest BCUT2D eigenvalue weighted by Gasteiger charge is -2.36. The van der Waals surface area contributed by atoms with Gasteiger partial charge in [0.25, 0.3) is 0 Å². The quantitative estimate of drug-likeness (QED) is 0.587. The molecule has 0 N–H and O–H groups in total. The van der Waals surface area contributed by atoms with Crippen molar-refractivity contribution >= 4 is 6.08 Å². The molecule has 2 heteroatoms. The summed E-state index contributed by atoms with van der Waals surface area (Å²) in [5.41, 5.74) is 2.93. The number of isocyanates is 1. The van der Waals surface area contributed by atoms with E-state index in [4.69, 9.17) is 0 Å². The molecule has 20 heavy (non-hydrogen) atoms. The third-order valence-electron chi connectivity index (χ3n) is 4.62. The molecule has 0 aromatic heterocycles. The summed E-state index contributed by atoms with van der Waals surface area (Å²) < 4.78 is 0. The first-order valence-electron chi connectivity index (χ1n) is 7.63. The number of benzene rings is 1. The molecule has 1 aliphatic carbocycles. The maximum absolute atomic E-state index is 10.5. The molecule has 1 fully saturated rings. The Labute approximate surface area is 122 Å². The topological polar surface area (TPSA) is 29.4 Å². The molecular weight excluding hydrogens is 246 g/mol. The first kappa shape index (κ1) is 15.0. The molecule has 1 aromatic carbocycles.